The standard InChI is InChI=1S/C35H35N3O2/c1-24-9-8-12-26(19-24)23-38-31-18-17-30(37-33(39)27-13-15-29(16-14-27)35(2,3)4)20-28(31)21-32(38)34(40)36-22-25-10-6-5-7-11-25/h5-21H,22-23H2,1-4H3,(H,36,40)(H,37,39). The number of carbonyl (C=O) groups excluding carboxylic acids is 2. The second kappa shape index (κ2) is 11.2. The molecule has 0 aliphatic carbocycles. The van der Waals surface area contributed by atoms with Crippen LogP contribution in [0.15, 0.2) is 103 Å². The van der Waals surface area contributed by atoms with Crippen LogP contribution in [0.1, 0.15) is 63.9 Å². The molecule has 0 saturated heterocycles. The van der Waals surface area contributed by atoms with Gasteiger partial charge in [-0.05, 0) is 65.4 Å². The molecule has 5 nitrogen and oxygen atoms in total. The molecule has 5 heteroatoms. The molecular weight excluding hydrogens is 494 g/mol. The van der Waals surface area contributed by atoms with Crippen molar-refractivity contribution >= 4 is 28.4 Å². The number of carbonyl (C=O) groups is 2. The maximum atomic E-state index is 13.4. The summed E-state index contributed by atoms with van der Waals surface area (Å²) in [5.74, 6) is -0.308. The van der Waals surface area contributed by atoms with Gasteiger partial charge in [0.25, 0.3) is 11.8 Å². The first-order valence-electron chi connectivity index (χ1n) is 13.6. The van der Waals surface area contributed by atoms with E-state index >= 15 is 0 Å². The third kappa shape index (κ3) is 6.15. The first-order chi connectivity index (χ1) is 19.2. The van der Waals surface area contributed by atoms with Crippen LogP contribution >= 0.6 is 0 Å². The maximum Gasteiger partial charge on any atom is 0.268 e. The van der Waals surface area contributed by atoms with Gasteiger partial charge in [0.15, 0.2) is 0 Å². The van der Waals surface area contributed by atoms with Gasteiger partial charge in [0.05, 0.1) is 0 Å². The number of rotatable bonds is 7. The third-order valence-corrected chi connectivity index (χ3v) is 7.12. The van der Waals surface area contributed by atoms with Gasteiger partial charge in [-0.1, -0.05) is 93.1 Å². The van der Waals surface area contributed by atoms with Crippen LogP contribution in [0, 0.1) is 6.92 Å². The molecule has 0 fully saturated rings. The SMILES string of the molecule is Cc1cccc(Cn2c(C(=O)NCc3ccccc3)cc3cc(NC(=O)c4ccc(C(C)(C)C)cc4)ccc32)c1. The number of aromatic nitrogens is 1. The van der Waals surface area contributed by atoms with E-state index in [1.54, 1.807) is 0 Å². The first-order valence-corrected chi connectivity index (χ1v) is 13.6. The van der Waals surface area contributed by atoms with Crippen molar-refractivity contribution in [3.63, 3.8) is 0 Å². The fourth-order valence-electron chi connectivity index (χ4n) is 4.89. The van der Waals surface area contributed by atoms with Crippen molar-refractivity contribution in [1.82, 2.24) is 9.88 Å². The number of fused-ring (bicyclic) bond motifs is 1. The largest absolute Gasteiger partial charge is 0.347 e. The molecule has 5 aromatic rings. The van der Waals surface area contributed by atoms with Gasteiger partial charge in [0, 0.05) is 35.2 Å². The molecule has 2 N–H and O–H groups in total. The first kappa shape index (κ1) is 26.9. The highest BCUT2D eigenvalue weighted by molar-refractivity contribution is 6.06. The molecular formula is C35H35N3O2. The topological polar surface area (TPSA) is 63.1 Å². The zero-order valence-corrected chi connectivity index (χ0v) is 23.5. The monoisotopic (exact) mass is 529 g/mol. The molecule has 0 unspecified atom stereocenters. The number of nitrogens with one attached hydrogen (secondary N) is 2. The van der Waals surface area contributed by atoms with Gasteiger partial charge >= 0.3 is 0 Å². The lowest BCUT2D eigenvalue weighted by molar-refractivity contribution is 0.0941. The predicted octanol–water partition coefficient (Wildman–Crippen LogP) is 7.48. The van der Waals surface area contributed by atoms with E-state index in [2.05, 4.69) is 56.5 Å². The van der Waals surface area contributed by atoms with Crippen LogP contribution in [-0.4, -0.2) is 16.4 Å². The van der Waals surface area contributed by atoms with Crippen molar-refractivity contribution in [2.24, 2.45) is 0 Å². The molecule has 202 valence electrons. The van der Waals surface area contributed by atoms with E-state index in [1.807, 2.05) is 89.5 Å². The Kier molecular flexibility index (Phi) is 7.56. The van der Waals surface area contributed by atoms with Crippen molar-refractivity contribution in [2.75, 3.05) is 5.32 Å². The van der Waals surface area contributed by atoms with Gasteiger partial charge in [0.1, 0.15) is 5.69 Å². The summed E-state index contributed by atoms with van der Waals surface area (Å²) in [6, 6.07) is 33.6. The number of anilines is 1. The predicted molar refractivity (Wildman–Crippen MR) is 163 cm³/mol. The lowest BCUT2D eigenvalue weighted by atomic mass is 9.87. The van der Waals surface area contributed by atoms with Crippen molar-refractivity contribution < 1.29 is 9.59 Å². The van der Waals surface area contributed by atoms with Crippen LogP contribution in [0.2, 0.25) is 0 Å². The van der Waals surface area contributed by atoms with Crippen molar-refractivity contribution in [2.45, 2.75) is 46.2 Å². The molecule has 0 saturated carbocycles. The Morgan fingerprint density at radius 1 is 0.750 bits per heavy atom. The van der Waals surface area contributed by atoms with Gasteiger partial charge in [-0.15, -0.1) is 0 Å². The van der Waals surface area contributed by atoms with Crippen LogP contribution in [0.4, 0.5) is 5.69 Å². The van der Waals surface area contributed by atoms with Crippen LogP contribution < -0.4 is 10.6 Å². The minimum atomic E-state index is -0.167. The Morgan fingerprint density at radius 3 is 2.17 bits per heavy atom. The van der Waals surface area contributed by atoms with Gasteiger partial charge < -0.3 is 15.2 Å². The van der Waals surface area contributed by atoms with E-state index < -0.39 is 0 Å². The van der Waals surface area contributed by atoms with E-state index in [0.717, 1.165) is 22.0 Å². The number of benzene rings is 4. The molecule has 0 bridgehead atoms. The van der Waals surface area contributed by atoms with Crippen LogP contribution in [0.25, 0.3) is 10.9 Å². The van der Waals surface area contributed by atoms with Crippen molar-refractivity contribution in [3.05, 3.63) is 137 Å². The highest BCUT2D eigenvalue weighted by atomic mass is 16.2. The zero-order valence-electron chi connectivity index (χ0n) is 23.5. The molecule has 4 aromatic carbocycles. The number of hydrogen-bond donors (Lipinski definition) is 2. The molecule has 0 aliphatic heterocycles. The van der Waals surface area contributed by atoms with E-state index in [1.165, 1.54) is 11.1 Å². The minimum Gasteiger partial charge on any atom is -0.347 e. The van der Waals surface area contributed by atoms with E-state index in [9.17, 15) is 9.59 Å². The summed E-state index contributed by atoms with van der Waals surface area (Å²) >= 11 is 0. The summed E-state index contributed by atoms with van der Waals surface area (Å²) in [6.45, 7) is 9.53. The lowest BCUT2D eigenvalue weighted by Gasteiger charge is -2.19. The Hall–Kier alpha value is -4.64. The zero-order chi connectivity index (χ0) is 28.3. The lowest BCUT2D eigenvalue weighted by Crippen LogP contribution is -2.25. The van der Waals surface area contributed by atoms with Gasteiger partial charge in [-0.2, -0.15) is 0 Å². The molecule has 0 spiro atoms. The Bertz CT molecular complexity index is 1660. The molecule has 0 radical (unpaired) electrons. The molecule has 40 heavy (non-hydrogen) atoms. The molecule has 5 rings (SSSR count). The summed E-state index contributed by atoms with van der Waals surface area (Å²) in [6.07, 6.45) is 0. The number of hydrogen-bond acceptors (Lipinski definition) is 2. The fourth-order valence-corrected chi connectivity index (χ4v) is 4.89. The van der Waals surface area contributed by atoms with E-state index in [4.69, 9.17) is 0 Å². The number of amides is 2. The average molecular weight is 530 g/mol. The molecule has 0 aliphatic rings. The van der Waals surface area contributed by atoms with Crippen molar-refractivity contribution in [3.8, 4) is 0 Å². The number of aryl methyl sites for hydroxylation is 1. The van der Waals surface area contributed by atoms with Crippen LogP contribution in [0.5, 0.6) is 0 Å². The highest BCUT2D eigenvalue weighted by Crippen LogP contribution is 2.26. The van der Waals surface area contributed by atoms with Gasteiger partial charge in [-0.25, -0.2) is 0 Å². The minimum absolute atomic E-state index is 0.0245. The summed E-state index contributed by atoms with van der Waals surface area (Å²) in [4.78, 5) is 26.4. The van der Waals surface area contributed by atoms with Gasteiger partial charge in [-0.3, -0.25) is 9.59 Å². The second-order valence-corrected chi connectivity index (χ2v) is 11.3. The fraction of sp³-hybridized carbons (Fsp3) is 0.200. The van der Waals surface area contributed by atoms with E-state index in [0.29, 0.717) is 30.0 Å². The summed E-state index contributed by atoms with van der Waals surface area (Å²) < 4.78 is 2.04. The quantitative estimate of drug-likeness (QED) is 0.230. The van der Waals surface area contributed by atoms with Crippen LogP contribution in [-0.2, 0) is 18.5 Å². The number of nitrogens with zero attached hydrogens (tertiary/aromatic N) is 1. The van der Waals surface area contributed by atoms with Crippen LogP contribution in [0.3, 0.4) is 0 Å². The summed E-state index contributed by atoms with van der Waals surface area (Å²) in [7, 11) is 0. The maximum absolute atomic E-state index is 13.4. The van der Waals surface area contributed by atoms with Gasteiger partial charge in [0.2, 0.25) is 0 Å². The average Bonchev–Trinajstić information content (AvgIpc) is 3.29. The smallest absolute Gasteiger partial charge is 0.268 e. The summed E-state index contributed by atoms with van der Waals surface area (Å²) in [5, 5.41) is 6.98. The normalized spacial score (nSPS) is 11.4. The molecule has 0 atom stereocenters. The highest BCUT2D eigenvalue weighted by Gasteiger charge is 2.18. The Morgan fingerprint density at radius 2 is 1.48 bits per heavy atom. The molecule has 1 aromatic heterocycles. The summed E-state index contributed by atoms with van der Waals surface area (Å²) in [5.41, 5.74) is 7.32. The third-order valence-electron chi connectivity index (χ3n) is 7.12. The Balaban J connectivity index is 1.43. The van der Waals surface area contributed by atoms with Crippen molar-refractivity contribution in [1.29, 1.82) is 0 Å². The molecule has 2 amide bonds. The van der Waals surface area contributed by atoms with E-state index in [-0.39, 0.29) is 17.2 Å². The Labute approximate surface area is 235 Å². The second-order valence-electron chi connectivity index (χ2n) is 11.3. The molecule has 1 heterocycles.